The van der Waals surface area contributed by atoms with E-state index >= 15 is 0 Å². The molecule has 9 heteroatoms. The quantitative estimate of drug-likeness (QED) is 0.371. The van der Waals surface area contributed by atoms with Crippen molar-refractivity contribution in [2.24, 2.45) is 0 Å². The van der Waals surface area contributed by atoms with Crippen molar-refractivity contribution in [3.63, 3.8) is 0 Å². The molecule has 4 rings (SSSR count). The van der Waals surface area contributed by atoms with Gasteiger partial charge in [0.2, 0.25) is 0 Å². The number of urea groups is 1. The smallest absolute Gasteiger partial charge is 0.412 e. The molecule has 1 aliphatic carbocycles. The summed E-state index contributed by atoms with van der Waals surface area (Å²) in [5.74, 6) is -0.298. The molecule has 9 nitrogen and oxygen atoms in total. The van der Waals surface area contributed by atoms with Crippen molar-refractivity contribution in [3.05, 3.63) is 89.2 Å². The number of nitrogens with one attached hydrogen (secondary N) is 4. The number of amides is 4. The van der Waals surface area contributed by atoms with Gasteiger partial charge in [-0.25, -0.2) is 9.59 Å². The largest absolute Gasteiger partial charge is 0.444 e. The molecule has 1 atom stereocenters. The molecule has 0 saturated carbocycles. The Labute approximate surface area is 216 Å². The highest BCUT2D eigenvalue weighted by atomic mass is 16.6. The zero-order chi connectivity index (χ0) is 26.4. The molecule has 0 radical (unpaired) electrons. The number of para-hydroxylation sites is 2. The average molecular weight is 502 g/mol. The molecule has 1 unspecified atom stereocenters. The van der Waals surface area contributed by atoms with Crippen LogP contribution in [0.3, 0.4) is 0 Å². The lowest BCUT2D eigenvalue weighted by Crippen LogP contribution is -2.36. The predicted molar refractivity (Wildman–Crippen MR) is 141 cm³/mol. The van der Waals surface area contributed by atoms with Crippen LogP contribution in [0.5, 0.6) is 0 Å². The summed E-state index contributed by atoms with van der Waals surface area (Å²) in [7, 11) is 0. The van der Waals surface area contributed by atoms with Gasteiger partial charge in [0, 0.05) is 24.5 Å². The molecular formula is C28H31N5O4. The fourth-order valence-corrected chi connectivity index (χ4v) is 4.11. The van der Waals surface area contributed by atoms with Crippen molar-refractivity contribution in [2.45, 2.75) is 51.8 Å². The maximum Gasteiger partial charge on any atom is 0.412 e. The molecule has 0 bridgehead atoms. The molecule has 1 aliphatic rings. The summed E-state index contributed by atoms with van der Waals surface area (Å²) in [6.07, 6.45) is 4.28. The highest BCUT2D eigenvalue weighted by Crippen LogP contribution is 2.32. The van der Waals surface area contributed by atoms with E-state index in [0.717, 1.165) is 29.5 Å². The summed E-state index contributed by atoms with van der Waals surface area (Å²) >= 11 is 0. The number of hydrogen-bond acceptors (Lipinski definition) is 5. The molecule has 4 amide bonds. The van der Waals surface area contributed by atoms with E-state index in [2.05, 4.69) is 26.3 Å². The van der Waals surface area contributed by atoms with Crippen molar-refractivity contribution in [1.82, 2.24) is 15.6 Å². The SMILES string of the molecule is CC(C)(C)OC(=O)Nc1ccccc1NC(=O)c1ccc2c(c1)CCC2NC(=O)NCc1ccncc1. The Kier molecular flexibility index (Phi) is 7.71. The van der Waals surface area contributed by atoms with Crippen molar-refractivity contribution in [2.75, 3.05) is 10.6 Å². The number of carbonyl (C=O) groups is 3. The van der Waals surface area contributed by atoms with Gasteiger partial charge in [0.15, 0.2) is 0 Å². The number of aryl methyl sites for hydroxylation is 1. The topological polar surface area (TPSA) is 121 Å². The minimum Gasteiger partial charge on any atom is -0.444 e. The number of pyridine rings is 1. The van der Waals surface area contributed by atoms with E-state index in [-0.39, 0.29) is 18.0 Å². The molecule has 2 aromatic carbocycles. The van der Waals surface area contributed by atoms with E-state index in [1.807, 2.05) is 24.3 Å². The molecular weight excluding hydrogens is 470 g/mol. The van der Waals surface area contributed by atoms with Gasteiger partial charge in [0.25, 0.3) is 5.91 Å². The number of fused-ring (bicyclic) bond motifs is 1. The molecule has 0 spiro atoms. The Morgan fingerprint density at radius 1 is 0.973 bits per heavy atom. The second-order valence-corrected chi connectivity index (χ2v) is 9.81. The maximum atomic E-state index is 13.0. The van der Waals surface area contributed by atoms with Crippen LogP contribution in [0.4, 0.5) is 21.0 Å². The average Bonchev–Trinajstić information content (AvgIpc) is 3.25. The predicted octanol–water partition coefficient (Wildman–Crippen LogP) is 5.17. The highest BCUT2D eigenvalue weighted by Gasteiger charge is 2.25. The molecule has 4 N–H and O–H groups in total. The van der Waals surface area contributed by atoms with Crippen molar-refractivity contribution < 1.29 is 19.1 Å². The van der Waals surface area contributed by atoms with E-state index in [0.29, 0.717) is 23.5 Å². The Hall–Kier alpha value is -4.40. The first-order valence-corrected chi connectivity index (χ1v) is 12.1. The summed E-state index contributed by atoms with van der Waals surface area (Å²) in [6.45, 7) is 5.76. The summed E-state index contributed by atoms with van der Waals surface area (Å²) in [4.78, 5) is 41.6. The summed E-state index contributed by atoms with van der Waals surface area (Å²) in [5.41, 5.74) is 3.75. The third-order valence-electron chi connectivity index (χ3n) is 5.80. The van der Waals surface area contributed by atoms with Crippen LogP contribution >= 0.6 is 0 Å². The first kappa shape index (κ1) is 25.7. The fraction of sp³-hybridized carbons (Fsp3) is 0.286. The number of carbonyl (C=O) groups excluding carboxylic acids is 3. The van der Waals surface area contributed by atoms with Crippen molar-refractivity contribution >= 4 is 29.4 Å². The lowest BCUT2D eigenvalue weighted by atomic mass is 10.0. The minimum absolute atomic E-state index is 0.122. The lowest BCUT2D eigenvalue weighted by molar-refractivity contribution is 0.0635. The number of aromatic nitrogens is 1. The standard InChI is InChI=1S/C28H31N5O4/c1-28(2,3)37-27(36)33-24-7-5-4-6-23(24)31-25(34)20-8-10-21-19(16-20)9-11-22(21)32-26(35)30-17-18-12-14-29-15-13-18/h4-8,10,12-16,22H,9,11,17H2,1-3H3,(H,31,34)(H,33,36)(H2,30,32,35). The third kappa shape index (κ3) is 7.07. The van der Waals surface area contributed by atoms with Crippen LogP contribution in [0.15, 0.2) is 67.0 Å². The molecule has 192 valence electrons. The Balaban J connectivity index is 1.37. The molecule has 3 aromatic rings. The first-order valence-electron chi connectivity index (χ1n) is 12.1. The van der Waals surface area contributed by atoms with E-state index in [1.165, 1.54) is 0 Å². The second kappa shape index (κ2) is 11.1. The summed E-state index contributed by atoms with van der Waals surface area (Å²) < 4.78 is 5.31. The van der Waals surface area contributed by atoms with Gasteiger partial charge in [0.05, 0.1) is 17.4 Å². The Morgan fingerprint density at radius 2 is 1.68 bits per heavy atom. The molecule has 0 fully saturated rings. The third-order valence-corrected chi connectivity index (χ3v) is 5.80. The van der Waals surface area contributed by atoms with Gasteiger partial charge in [-0.15, -0.1) is 0 Å². The number of benzene rings is 2. The van der Waals surface area contributed by atoms with Gasteiger partial charge < -0.3 is 20.7 Å². The summed E-state index contributed by atoms with van der Waals surface area (Å²) in [5, 5.41) is 11.4. The monoisotopic (exact) mass is 501 g/mol. The van der Waals surface area contributed by atoms with E-state index in [1.54, 1.807) is 63.5 Å². The first-order chi connectivity index (χ1) is 17.7. The van der Waals surface area contributed by atoms with E-state index in [4.69, 9.17) is 4.74 Å². The second-order valence-electron chi connectivity index (χ2n) is 9.81. The minimum atomic E-state index is -0.639. The van der Waals surface area contributed by atoms with Crippen LogP contribution < -0.4 is 21.3 Å². The van der Waals surface area contributed by atoms with Gasteiger partial charge in [-0.2, -0.15) is 0 Å². The zero-order valence-electron chi connectivity index (χ0n) is 21.1. The van der Waals surface area contributed by atoms with Gasteiger partial charge in [-0.05, 0) is 86.7 Å². The van der Waals surface area contributed by atoms with Gasteiger partial charge in [-0.3, -0.25) is 15.1 Å². The van der Waals surface area contributed by atoms with Gasteiger partial charge in [0.1, 0.15) is 5.60 Å². The van der Waals surface area contributed by atoms with Gasteiger partial charge in [-0.1, -0.05) is 18.2 Å². The van der Waals surface area contributed by atoms with Crippen molar-refractivity contribution in [1.29, 1.82) is 0 Å². The Bertz CT molecular complexity index is 1290. The van der Waals surface area contributed by atoms with Crippen LogP contribution in [0, 0.1) is 0 Å². The van der Waals surface area contributed by atoms with E-state index < -0.39 is 11.7 Å². The maximum absolute atomic E-state index is 13.0. The normalized spacial score (nSPS) is 14.3. The van der Waals surface area contributed by atoms with E-state index in [9.17, 15) is 14.4 Å². The molecule has 0 saturated heterocycles. The summed E-state index contributed by atoms with van der Waals surface area (Å²) in [6, 6.07) is 15.8. The number of ether oxygens (including phenoxy) is 1. The van der Waals surface area contributed by atoms with Crippen LogP contribution in [-0.4, -0.2) is 28.6 Å². The zero-order valence-corrected chi connectivity index (χ0v) is 21.1. The molecule has 0 aliphatic heterocycles. The van der Waals surface area contributed by atoms with Gasteiger partial charge >= 0.3 is 12.1 Å². The highest BCUT2D eigenvalue weighted by molar-refractivity contribution is 6.07. The number of hydrogen-bond donors (Lipinski definition) is 4. The van der Waals surface area contributed by atoms with Crippen LogP contribution in [0.2, 0.25) is 0 Å². The number of nitrogens with zero attached hydrogens (tertiary/aromatic N) is 1. The number of anilines is 2. The fourth-order valence-electron chi connectivity index (χ4n) is 4.11. The number of rotatable bonds is 6. The van der Waals surface area contributed by atoms with Crippen LogP contribution in [0.25, 0.3) is 0 Å². The molecule has 1 heterocycles. The molecule has 37 heavy (non-hydrogen) atoms. The lowest BCUT2D eigenvalue weighted by Gasteiger charge is -2.20. The Morgan fingerprint density at radius 3 is 2.38 bits per heavy atom. The van der Waals surface area contributed by atoms with Crippen LogP contribution in [-0.2, 0) is 17.7 Å². The van der Waals surface area contributed by atoms with Crippen molar-refractivity contribution in [3.8, 4) is 0 Å². The molecule has 1 aromatic heterocycles. The van der Waals surface area contributed by atoms with Crippen LogP contribution in [0.1, 0.15) is 60.3 Å².